The van der Waals surface area contributed by atoms with Gasteiger partial charge in [-0.1, -0.05) is 0 Å². The van der Waals surface area contributed by atoms with E-state index in [4.69, 9.17) is 9.84 Å². The Morgan fingerprint density at radius 1 is 1.39 bits per heavy atom. The Balaban J connectivity index is 2.42. The third-order valence-electron chi connectivity index (χ3n) is 3.06. The number of aliphatic hydroxyl groups excluding tert-OH is 3. The van der Waals surface area contributed by atoms with Crippen molar-refractivity contribution in [1.29, 1.82) is 0 Å². The SMILES string of the molecule is Cn1c(=O)[nH]cc([C@@H]2O[C@H](CO)[C@H](O)C2O)c1=O. The number of nitrogens with one attached hydrogen (secondary N) is 1. The van der Waals surface area contributed by atoms with Gasteiger partial charge in [-0.15, -0.1) is 0 Å². The third kappa shape index (κ3) is 1.89. The van der Waals surface area contributed by atoms with Crippen LogP contribution in [0.5, 0.6) is 0 Å². The van der Waals surface area contributed by atoms with E-state index in [0.717, 1.165) is 10.8 Å². The van der Waals surface area contributed by atoms with Gasteiger partial charge in [0.25, 0.3) is 5.56 Å². The maximum Gasteiger partial charge on any atom is 0.328 e. The van der Waals surface area contributed by atoms with Crippen molar-refractivity contribution in [1.82, 2.24) is 9.55 Å². The van der Waals surface area contributed by atoms with Crippen LogP contribution >= 0.6 is 0 Å². The van der Waals surface area contributed by atoms with Crippen molar-refractivity contribution >= 4 is 0 Å². The molecule has 1 aliphatic rings. The smallest absolute Gasteiger partial charge is 0.328 e. The number of aromatic nitrogens is 2. The first kappa shape index (κ1) is 13.0. The lowest BCUT2D eigenvalue weighted by molar-refractivity contribution is -0.0233. The third-order valence-corrected chi connectivity index (χ3v) is 3.06. The summed E-state index contributed by atoms with van der Waals surface area (Å²) in [5, 5.41) is 28.3. The minimum absolute atomic E-state index is 0.0274. The van der Waals surface area contributed by atoms with Crippen LogP contribution in [0, 0.1) is 0 Å². The molecule has 0 aliphatic carbocycles. The quantitative estimate of drug-likeness (QED) is 0.455. The number of aliphatic hydroxyl groups is 3. The van der Waals surface area contributed by atoms with Crippen molar-refractivity contribution in [3.05, 3.63) is 32.6 Å². The molecule has 2 rings (SSSR count). The van der Waals surface area contributed by atoms with E-state index in [1.54, 1.807) is 0 Å². The van der Waals surface area contributed by atoms with E-state index in [1.165, 1.54) is 7.05 Å². The van der Waals surface area contributed by atoms with Crippen molar-refractivity contribution in [2.24, 2.45) is 7.05 Å². The van der Waals surface area contributed by atoms with E-state index < -0.39 is 42.3 Å². The molecule has 0 aromatic carbocycles. The number of rotatable bonds is 2. The van der Waals surface area contributed by atoms with Crippen molar-refractivity contribution in [2.75, 3.05) is 6.61 Å². The van der Waals surface area contributed by atoms with Gasteiger partial charge in [0, 0.05) is 13.2 Å². The van der Waals surface area contributed by atoms with Gasteiger partial charge in [0.2, 0.25) is 0 Å². The molecule has 0 amide bonds. The zero-order chi connectivity index (χ0) is 13.4. The highest BCUT2D eigenvalue weighted by Crippen LogP contribution is 2.31. The summed E-state index contributed by atoms with van der Waals surface area (Å²) in [7, 11) is 1.28. The zero-order valence-electron chi connectivity index (χ0n) is 9.61. The number of nitrogens with zero attached hydrogens (tertiary/aromatic N) is 1. The minimum Gasteiger partial charge on any atom is -0.394 e. The maximum absolute atomic E-state index is 11.8. The number of H-pyrrole nitrogens is 1. The van der Waals surface area contributed by atoms with Crippen LogP contribution in [-0.4, -0.2) is 49.8 Å². The first-order valence-electron chi connectivity index (χ1n) is 5.38. The van der Waals surface area contributed by atoms with E-state index in [0.29, 0.717) is 0 Å². The molecule has 0 spiro atoms. The summed E-state index contributed by atoms with van der Waals surface area (Å²) >= 11 is 0. The van der Waals surface area contributed by atoms with Gasteiger partial charge in [-0.05, 0) is 0 Å². The maximum atomic E-state index is 11.8. The fourth-order valence-corrected chi connectivity index (χ4v) is 1.94. The Bertz CT molecular complexity index is 550. The monoisotopic (exact) mass is 258 g/mol. The molecule has 1 fully saturated rings. The normalized spacial score (nSPS) is 31.8. The molecule has 8 heteroatoms. The van der Waals surface area contributed by atoms with Crippen LogP contribution in [-0.2, 0) is 11.8 Å². The fraction of sp³-hybridized carbons (Fsp3) is 0.600. The zero-order valence-corrected chi connectivity index (χ0v) is 9.61. The molecule has 100 valence electrons. The summed E-state index contributed by atoms with van der Waals surface area (Å²) in [6.07, 6.45) is -3.50. The molecule has 4 N–H and O–H groups in total. The Hall–Kier alpha value is -1.48. The molecule has 4 atom stereocenters. The molecule has 0 radical (unpaired) electrons. The van der Waals surface area contributed by atoms with Crippen molar-refractivity contribution < 1.29 is 20.1 Å². The van der Waals surface area contributed by atoms with Gasteiger partial charge in [0.15, 0.2) is 0 Å². The average Bonchev–Trinajstić information content (AvgIpc) is 2.64. The molecule has 1 saturated heterocycles. The molecule has 0 saturated carbocycles. The van der Waals surface area contributed by atoms with Crippen LogP contribution in [0.25, 0.3) is 0 Å². The molecule has 1 aromatic heterocycles. The lowest BCUT2D eigenvalue weighted by atomic mass is 10.0. The highest BCUT2D eigenvalue weighted by Gasteiger charge is 2.44. The molecular weight excluding hydrogens is 244 g/mol. The van der Waals surface area contributed by atoms with Gasteiger partial charge >= 0.3 is 5.69 Å². The molecule has 8 nitrogen and oxygen atoms in total. The van der Waals surface area contributed by atoms with Crippen LogP contribution in [0.15, 0.2) is 15.8 Å². The van der Waals surface area contributed by atoms with Gasteiger partial charge in [0.05, 0.1) is 12.2 Å². The van der Waals surface area contributed by atoms with E-state index >= 15 is 0 Å². The molecule has 2 heterocycles. The van der Waals surface area contributed by atoms with E-state index in [9.17, 15) is 19.8 Å². The van der Waals surface area contributed by atoms with E-state index in [1.807, 2.05) is 0 Å². The standard InChI is InChI=1S/C10H14N2O6/c1-12-9(16)4(2-11-10(12)17)8-7(15)6(14)5(3-13)18-8/h2,5-8,13-15H,3H2,1H3,(H,11,17)/t5-,6+,7?,8+/m1/s1. The predicted molar refractivity (Wildman–Crippen MR) is 59.0 cm³/mol. The van der Waals surface area contributed by atoms with Crippen LogP contribution in [0.1, 0.15) is 11.7 Å². The predicted octanol–water partition coefficient (Wildman–Crippen LogP) is -2.77. The van der Waals surface area contributed by atoms with Crippen molar-refractivity contribution in [2.45, 2.75) is 24.4 Å². The summed E-state index contributed by atoms with van der Waals surface area (Å²) in [6.45, 7) is -0.474. The summed E-state index contributed by atoms with van der Waals surface area (Å²) in [5.74, 6) is 0. The fourth-order valence-electron chi connectivity index (χ4n) is 1.94. The summed E-state index contributed by atoms with van der Waals surface area (Å²) in [5.41, 5.74) is -1.18. The van der Waals surface area contributed by atoms with Crippen molar-refractivity contribution in [3.8, 4) is 0 Å². The molecule has 1 unspecified atom stereocenters. The lowest BCUT2D eigenvalue weighted by Gasteiger charge is -2.14. The second-order valence-electron chi connectivity index (χ2n) is 4.17. The van der Waals surface area contributed by atoms with Crippen LogP contribution < -0.4 is 11.2 Å². The number of ether oxygens (including phenoxy) is 1. The first-order chi connectivity index (χ1) is 8.47. The van der Waals surface area contributed by atoms with Gasteiger partial charge in [-0.3, -0.25) is 9.36 Å². The highest BCUT2D eigenvalue weighted by atomic mass is 16.6. The number of hydrogen-bond acceptors (Lipinski definition) is 6. The molecule has 1 aromatic rings. The van der Waals surface area contributed by atoms with Gasteiger partial charge in [0.1, 0.15) is 24.4 Å². The topological polar surface area (TPSA) is 125 Å². The number of hydrogen-bond donors (Lipinski definition) is 4. The summed E-state index contributed by atoms with van der Waals surface area (Å²) < 4.78 is 6.05. The van der Waals surface area contributed by atoms with Crippen LogP contribution in [0.3, 0.4) is 0 Å². The van der Waals surface area contributed by atoms with E-state index in [2.05, 4.69) is 4.98 Å². The number of aromatic amines is 1. The first-order valence-corrected chi connectivity index (χ1v) is 5.38. The molecule has 1 aliphatic heterocycles. The summed E-state index contributed by atoms with van der Waals surface area (Å²) in [4.78, 5) is 25.3. The summed E-state index contributed by atoms with van der Waals surface area (Å²) in [6, 6.07) is 0. The lowest BCUT2D eigenvalue weighted by Crippen LogP contribution is -2.37. The molecule has 0 bridgehead atoms. The molecule has 18 heavy (non-hydrogen) atoms. The van der Waals surface area contributed by atoms with E-state index in [-0.39, 0.29) is 5.56 Å². The Labute approximate surface area is 101 Å². The highest BCUT2D eigenvalue weighted by molar-refractivity contribution is 5.14. The van der Waals surface area contributed by atoms with Crippen LogP contribution in [0.2, 0.25) is 0 Å². The van der Waals surface area contributed by atoms with Crippen LogP contribution in [0.4, 0.5) is 0 Å². The Morgan fingerprint density at radius 2 is 2.06 bits per heavy atom. The van der Waals surface area contributed by atoms with Gasteiger partial charge in [-0.25, -0.2) is 4.79 Å². The minimum atomic E-state index is -1.33. The van der Waals surface area contributed by atoms with Gasteiger partial charge < -0.3 is 25.0 Å². The Morgan fingerprint density at radius 3 is 2.61 bits per heavy atom. The average molecular weight is 258 g/mol. The largest absolute Gasteiger partial charge is 0.394 e. The van der Waals surface area contributed by atoms with Crippen molar-refractivity contribution in [3.63, 3.8) is 0 Å². The Kier molecular flexibility index (Phi) is 3.35. The second kappa shape index (κ2) is 4.65. The second-order valence-corrected chi connectivity index (χ2v) is 4.17. The molecular formula is C10H14N2O6. The van der Waals surface area contributed by atoms with Gasteiger partial charge in [-0.2, -0.15) is 0 Å².